The van der Waals surface area contributed by atoms with Gasteiger partial charge in [-0.05, 0) is 95.5 Å². The maximum atomic E-state index is 14.2. The van der Waals surface area contributed by atoms with Crippen molar-refractivity contribution in [2.24, 2.45) is 5.28 Å². The lowest BCUT2D eigenvalue weighted by molar-refractivity contribution is -0.710. The molecular formula is C34H40ClN7O11S. The minimum atomic E-state index is -4.84. The fourth-order valence-corrected chi connectivity index (χ4v) is 7.10. The molecule has 0 fully saturated rings. The van der Waals surface area contributed by atoms with E-state index in [1.807, 2.05) is 0 Å². The number of hydrogen-bond acceptors (Lipinski definition) is 13. The monoisotopic (exact) mass is 789 g/mol. The molecule has 54 heavy (non-hydrogen) atoms. The number of anilines is 1. The molecule has 1 N–H and O–H groups in total. The second kappa shape index (κ2) is 17.0. The van der Waals surface area contributed by atoms with Gasteiger partial charge in [0.1, 0.15) is 10.5 Å². The molecule has 290 valence electrons. The molecule has 0 saturated carbocycles. The van der Waals surface area contributed by atoms with Gasteiger partial charge in [-0.1, -0.05) is 23.7 Å². The number of amides is 2. The first-order chi connectivity index (χ1) is 25.4. The molecule has 0 aliphatic carbocycles. The lowest BCUT2D eigenvalue weighted by Gasteiger charge is -2.28. The van der Waals surface area contributed by atoms with E-state index < -0.39 is 56.8 Å². The zero-order valence-corrected chi connectivity index (χ0v) is 31.9. The number of esters is 1. The van der Waals surface area contributed by atoms with E-state index in [0.29, 0.717) is 35.1 Å². The number of nitrogens with zero attached hydrogens (tertiary/aromatic N) is 6. The Morgan fingerprint density at radius 3 is 2.39 bits per heavy atom. The van der Waals surface area contributed by atoms with Crippen molar-refractivity contribution in [1.82, 2.24) is 14.7 Å². The van der Waals surface area contributed by atoms with Crippen LogP contribution in [0.1, 0.15) is 73.4 Å². The van der Waals surface area contributed by atoms with Gasteiger partial charge < -0.3 is 19.5 Å². The lowest BCUT2D eigenvalue weighted by Crippen LogP contribution is -2.45. The van der Waals surface area contributed by atoms with Crippen LogP contribution in [0.5, 0.6) is 0 Å². The average Bonchev–Trinajstić information content (AvgIpc) is 3.42. The smallest absolute Gasteiger partial charge is 0.424 e. The highest BCUT2D eigenvalue weighted by atomic mass is 35.5. The van der Waals surface area contributed by atoms with Crippen LogP contribution in [0.3, 0.4) is 0 Å². The summed E-state index contributed by atoms with van der Waals surface area (Å²) in [5, 5.41) is 29.0. The molecule has 0 spiro atoms. The normalized spacial score (nSPS) is 14.2. The molecule has 0 saturated heterocycles. The minimum absolute atomic E-state index is 0.0376. The Kier molecular flexibility index (Phi) is 12.9. The predicted molar refractivity (Wildman–Crippen MR) is 193 cm³/mol. The average molecular weight is 790 g/mol. The highest BCUT2D eigenvalue weighted by Crippen LogP contribution is 2.34. The first kappa shape index (κ1) is 41.1. The van der Waals surface area contributed by atoms with Gasteiger partial charge in [0.15, 0.2) is 0 Å². The summed E-state index contributed by atoms with van der Waals surface area (Å²) in [5.41, 5.74) is 2.70. The standard InChI is InChI=1S/C34H40ClN7O11S/c1-7-38(8-2)42(48)37-52-21-51-32(44)25-11-9-10-23(17-25)20-39(33(45)53-34(4,5)6)54(49,50)30-19-24(12-14-28(30)35)31(43)36-40-22(3)16-26-18-27(41(46)47)13-15-29(26)40/h9-15,17-19,22H,7-8,16,20-21H2,1-6H3,(H,36,43)/b42-37+. The Hall–Kier alpha value is -5.69. The van der Waals surface area contributed by atoms with Crippen LogP contribution in [0.25, 0.3) is 0 Å². The SMILES string of the molecule is CCN(CC)/[N+]([O-])=N\OCOC(=O)c1cccc(CN(C(=O)OC(C)(C)C)S(=O)(=O)c2cc(C(=O)NN3c4ccc([N+](=O)[O-])cc4CC3C)ccc2Cl)c1. The number of hydrazine groups is 2. The summed E-state index contributed by atoms with van der Waals surface area (Å²) in [6.45, 7) is 9.33. The summed E-state index contributed by atoms with van der Waals surface area (Å²) >= 11 is 6.39. The Morgan fingerprint density at radius 1 is 1.04 bits per heavy atom. The topological polar surface area (TPSA) is 216 Å². The molecule has 0 radical (unpaired) electrons. The number of fused-ring (bicyclic) bond motifs is 1. The molecule has 2 amide bonds. The van der Waals surface area contributed by atoms with Gasteiger partial charge in [0.25, 0.3) is 28.4 Å². The summed E-state index contributed by atoms with van der Waals surface area (Å²) in [5.74, 6) is -1.61. The molecule has 1 aliphatic rings. The van der Waals surface area contributed by atoms with Crippen LogP contribution in [-0.4, -0.2) is 77.1 Å². The van der Waals surface area contributed by atoms with Gasteiger partial charge >= 0.3 is 12.1 Å². The molecule has 18 nitrogen and oxygen atoms in total. The number of sulfonamides is 1. The summed E-state index contributed by atoms with van der Waals surface area (Å²) < 4.78 is 39.4. The lowest BCUT2D eigenvalue weighted by atomic mass is 10.1. The summed E-state index contributed by atoms with van der Waals surface area (Å²) in [4.78, 5) is 54.9. The molecule has 4 rings (SSSR count). The van der Waals surface area contributed by atoms with E-state index in [1.165, 1.54) is 64.6 Å². The van der Waals surface area contributed by atoms with E-state index >= 15 is 0 Å². The molecule has 0 aromatic heterocycles. The molecule has 3 aromatic rings. The Labute approximate surface area is 316 Å². The fourth-order valence-electron chi connectivity index (χ4n) is 5.31. The van der Waals surface area contributed by atoms with E-state index in [2.05, 4.69) is 10.7 Å². The number of hydrogen-bond donors (Lipinski definition) is 1. The fraction of sp³-hybridized carbons (Fsp3) is 0.382. The largest absolute Gasteiger partial charge is 0.569 e. The van der Waals surface area contributed by atoms with Crippen molar-refractivity contribution in [1.29, 1.82) is 0 Å². The van der Waals surface area contributed by atoms with Gasteiger partial charge in [-0.3, -0.25) is 25.3 Å². The van der Waals surface area contributed by atoms with E-state index in [-0.39, 0.29) is 38.4 Å². The van der Waals surface area contributed by atoms with Crippen molar-refractivity contribution in [3.05, 3.63) is 103 Å². The van der Waals surface area contributed by atoms with Crippen molar-refractivity contribution in [3.8, 4) is 0 Å². The number of nitro groups is 1. The highest BCUT2D eigenvalue weighted by Gasteiger charge is 2.36. The zero-order valence-electron chi connectivity index (χ0n) is 30.3. The first-order valence-electron chi connectivity index (χ1n) is 16.6. The number of rotatable bonds is 14. The summed E-state index contributed by atoms with van der Waals surface area (Å²) in [6.07, 6.45) is -0.856. The van der Waals surface area contributed by atoms with Crippen molar-refractivity contribution >= 4 is 51.0 Å². The van der Waals surface area contributed by atoms with Gasteiger partial charge in [0.2, 0.25) is 5.28 Å². The Balaban J connectivity index is 1.59. The molecule has 1 unspecified atom stereocenters. The van der Waals surface area contributed by atoms with Gasteiger partial charge in [0.05, 0.1) is 51.8 Å². The third-order valence-electron chi connectivity index (χ3n) is 7.90. The number of halogens is 1. The molecule has 20 heteroatoms. The molecule has 0 bridgehead atoms. The zero-order chi connectivity index (χ0) is 40.0. The number of ether oxygens (including phenoxy) is 2. The molecule has 3 aromatic carbocycles. The number of nitrogens with one attached hydrogen (secondary N) is 1. The van der Waals surface area contributed by atoms with Crippen LogP contribution in [0.2, 0.25) is 5.02 Å². The second-order valence-electron chi connectivity index (χ2n) is 12.9. The van der Waals surface area contributed by atoms with E-state index in [4.69, 9.17) is 25.9 Å². The van der Waals surface area contributed by atoms with Gasteiger partial charge in [-0.25, -0.2) is 18.0 Å². The third-order valence-corrected chi connectivity index (χ3v) is 10.1. The molecular weight excluding hydrogens is 750 g/mol. The molecule has 1 atom stereocenters. The van der Waals surface area contributed by atoms with Gasteiger partial charge in [0, 0.05) is 17.7 Å². The van der Waals surface area contributed by atoms with Crippen molar-refractivity contribution in [2.75, 3.05) is 24.9 Å². The molecule has 1 heterocycles. The highest BCUT2D eigenvalue weighted by molar-refractivity contribution is 7.89. The first-order valence-corrected chi connectivity index (χ1v) is 18.4. The Bertz CT molecular complexity index is 2050. The number of benzene rings is 3. The van der Waals surface area contributed by atoms with Crippen LogP contribution in [-0.2, 0) is 37.3 Å². The molecule has 1 aliphatic heterocycles. The Morgan fingerprint density at radius 2 is 1.74 bits per heavy atom. The van der Waals surface area contributed by atoms with Crippen LogP contribution in [0.15, 0.2) is 70.8 Å². The van der Waals surface area contributed by atoms with Crippen LogP contribution in [0, 0.1) is 15.3 Å². The maximum absolute atomic E-state index is 14.2. The van der Waals surface area contributed by atoms with Crippen LogP contribution >= 0.6 is 11.6 Å². The van der Waals surface area contributed by atoms with Crippen molar-refractivity contribution in [2.45, 2.75) is 71.0 Å². The number of carbonyl (C=O) groups is 3. The second-order valence-corrected chi connectivity index (χ2v) is 15.2. The minimum Gasteiger partial charge on any atom is -0.569 e. The van der Waals surface area contributed by atoms with Gasteiger partial charge in [-0.2, -0.15) is 4.31 Å². The van der Waals surface area contributed by atoms with Crippen LogP contribution < -0.4 is 10.4 Å². The summed E-state index contributed by atoms with van der Waals surface area (Å²) in [6, 6.07) is 13.0. The van der Waals surface area contributed by atoms with E-state index in [9.17, 15) is 38.1 Å². The third kappa shape index (κ3) is 9.84. The van der Waals surface area contributed by atoms with Gasteiger partial charge in [-0.15, -0.1) is 5.01 Å². The van der Waals surface area contributed by atoms with E-state index in [0.717, 1.165) is 6.07 Å². The number of non-ortho nitro benzene ring substituents is 1. The quantitative estimate of drug-likeness (QED) is 0.0393. The van der Waals surface area contributed by atoms with E-state index in [1.54, 1.807) is 41.5 Å². The summed E-state index contributed by atoms with van der Waals surface area (Å²) in [7, 11) is -4.84. The predicted octanol–water partition coefficient (Wildman–Crippen LogP) is 5.74. The van der Waals surface area contributed by atoms with Crippen molar-refractivity contribution < 1.29 is 47.0 Å². The number of nitro benzene ring substituents is 1. The maximum Gasteiger partial charge on any atom is 0.424 e. The van der Waals surface area contributed by atoms with Crippen molar-refractivity contribution in [3.63, 3.8) is 0 Å². The number of carbonyl (C=O) groups excluding carboxylic acids is 3. The van der Waals surface area contributed by atoms with Crippen LogP contribution in [0.4, 0.5) is 16.2 Å².